The van der Waals surface area contributed by atoms with E-state index in [0.717, 1.165) is 53.7 Å². The molecule has 41 heavy (non-hydrogen) atoms. The topological polar surface area (TPSA) is 89.6 Å². The summed E-state index contributed by atoms with van der Waals surface area (Å²) >= 11 is 0. The fraction of sp³-hybridized carbons (Fsp3) is 0.485. The zero-order valence-electron chi connectivity index (χ0n) is 23.8. The Hall–Kier alpha value is -3.81. The molecular formula is C33H36N4O4. The van der Waals surface area contributed by atoms with Crippen LogP contribution in [0.3, 0.4) is 0 Å². The molecular weight excluding hydrogens is 516 g/mol. The van der Waals surface area contributed by atoms with Crippen molar-refractivity contribution in [2.45, 2.75) is 63.5 Å². The van der Waals surface area contributed by atoms with Crippen LogP contribution >= 0.6 is 0 Å². The maximum atomic E-state index is 13.7. The number of benzene rings is 2. The minimum absolute atomic E-state index is 0.0772. The molecule has 3 atom stereocenters. The van der Waals surface area contributed by atoms with E-state index in [1.807, 2.05) is 19.2 Å². The third-order valence-electron chi connectivity index (χ3n) is 10.6. The number of hydrogen-bond acceptors (Lipinski definition) is 4. The number of carbonyl (C=O) groups excluding carboxylic acids is 1. The first-order valence-corrected chi connectivity index (χ1v) is 15.1. The highest BCUT2D eigenvalue weighted by Gasteiger charge is 2.46. The molecule has 2 bridgehead atoms. The number of fused-ring (bicyclic) bond motifs is 4. The molecule has 4 aliphatic rings. The second-order valence-corrected chi connectivity index (χ2v) is 12.9. The number of likely N-dealkylation sites (tertiary alicyclic amines) is 1. The normalized spacial score (nSPS) is 27.1. The molecule has 2 aromatic heterocycles. The lowest BCUT2D eigenvalue weighted by Crippen LogP contribution is -2.38. The van der Waals surface area contributed by atoms with Crippen molar-refractivity contribution in [1.82, 2.24) is 19.0 Å². The van der Waals surface area contributed by atoms with Gasteiger partial charge in [-0.05, 0) is 80.0 Å². The van der Waals surface area contributed by atoms with Gasteiger partial charge in [0.15, 0.2) is 5.82 Å². The molecule has 1 N–H and O–H groups in total. The van der Waals surface area contributed by atoms with Crippen molar-refractivity contribution in [2.75, 3.05) is 13.7 Å². The molecule has 2 aromatic carbocycles. The minimum Gasteiger partial charge on any atom is -0.494 e. The number of piperidine rings is 1. The van der Waals surface area contributed by atoms with Gasteiger partial charge in [0.05, 0.1) is 29.8 Å². The van der Waals surface area contributed by atoms with Crippen molar-refractivity contribution >= 4 is 33.8 Å². The number of carboxylic acid groups (broad SMARTS) is 1. The number of carboxylic acids is 1. The van der Waals surface area contributed by atoms with Gasteiger partial charge in [-0.1, -0.05) is 25.1 Å². The van der Waals surface area contributed by atoms with Crippen molar-refractivity contribution in [1.29, 1.82) is 0 Å². The molecule has 4 fully saturated rings. The molecule has 1 saturated heterocycles. The number of imidazole rings is 1. The molecule has 0 radical (unpaired) electrons. The van der Waals surface area contributed by atoms with Crippen LogP contribution in [-0.4, -0.2) is 55.7 Å². The Bertz CT molecular complexity index is 1740. The molecule has 8 rings (SSSR count). The number of carbonyl (C=O) groups is 2. The van der Waals surface area contributed by atoms with E-state index in [4.69, 9.17) is 9.72 Å². The lowest BCUT2D eigenvalue weighted by atomic mass is 9.71. The molecule has 4 aromatic rings. The van der Waals surface area contributed by atoms with Crippen LogP contribution < -0.4 is 4.74 Å². The van der Waals surface area contributed by atoms with Gasteiger partial charge in [0.25, 0.3) is 5.91 Å². The van der Waals surface area contributed by atoms with Crippen LogP contribution in [-0.2, 0) is 11.8 Å². The molecule has 1 aliphatic heterocycles. The van der Waals surface area contributed by atoms with E-state index in [0.29, 0.717) is 48.1 Å². The average Bonchev–Trinajstić information content (AvgIpc) is 3.36. The minimum atomic E-state index is -0.690. The first kappa shape index (κ1) is 24.9. The fourth-order valence-corrected chi connectivity index (χ4v) is 8.13. The second-order valence-electron chi connectivity index (χ2n) is 12.9. The summed E-state index contributed by atoms with van der Waals surface area (Å²) in [6, 6.07) is 13.2. The van der Waals surface area contributed by atoms with Gasteiger partial charge in [-0.15, -0.1) is 0 Å². The summed E-state index contributed by atoms with van der Waals surface area (Å²) in [4.78, 5) is 32.5. The zero-order valence-corrected chi connectivity index (χ0v) is 23.8. The number of aliphatic carboxylic acids is 1. The first-order chi connectivity index (χ1) is 19.8. The van der Waals surface area contributed by atoms with Gasteiger partial charge < -0.3 is 23.9 Å². The Morgan fingerprint density at radius 2 is 1.85 bits per heavy atom. The number of aromatic nitrogens is 3. The molecule has 0 spiro atoms. The predicted molar refractivity (Wildman–Crippen MR) is 156 cm³/mol. The second kappa shape index (κ2) is 8.84. The SMILES string of the molecule is COc1cc(C(=O)N2C[C@H]3CC[C@@H]2[C@@H]3C)cc2nc(-c3cc4cccc(C5CC(C(=O)O)C5)c4n3C3CC3)n(C)c12. The number of rotatable bonds is 6. The van der Waals surface area contributed by atoms with Gasteiger partial charge in [-0.3, -0.25) is 9.59 Å². The van der Waals surface area contributed by atoms with E-state index in [1.54, 1.807) is 7.11 Å². The molecule has 0 unspecified atom stereocenters. The molecule has 1 amide bonds. The van der Waals surface area contributed by atoms with E-state index in [-0.39, 0.29) is 17.7 Å². The summed E-state index contributed by atoms with van der Waals surface area (Å²) in [5.41, 5.74) is 5.80. The van der Waals surface area contributed by atoms with Crippen LogP contribution in [0.15, 0.2) is 36.4 Å². The van der Waals surface area contributed by atoms with Gasteiger partial charge in [0.1, 0.15) is 11.3 Å². The molecule has 8 heteroatoms. The number of hydrogen-bond donors (Lipinski definition) is 1. The maximum Gasteiger partial charge on any atom is 0.306 e. The molecule has 3 saturated carbocycles. The van der Waals surface area contributed by atoms with Crippen LogP contribution in [0.4, 0.5) is 0 Å². The number of amides is 1. The largest absolute Gasteiger partial charge is 0.494 e. The Morgan fingerprint density at radius 3 is 2.51 bits per heavy atom. The van der Waals surface area contributed by atoms with E-state index < -0.39 is 5.97 Å². The standard InChI is InChI=1S/C33H36N4O4/c1-17-19-7-10-26(17)36(16-19)32(38)21-13-25-30(28(15-21)41-3)35(2)31(34-25)27-14-18-5-4-6-24(20-11-22(12-20)33(39)40)29(18)37(27)23-8-9-23/h4-6,13-15,17,19-20,22-23,26H,7-12,16H2,1-3H3,(H,39,40)/t17-,19-,20?,22?,26-/m1/s1. The van der Waals surface area contributed by atoms with Crippen molar-refractivity contribution in [3.05, 3.63) is 47.5 Å². The summed E-state index contributed by atoms with van der Waals surface area (Å²) in [6.45, 7) is 3.13. The summed E-state index contributed by atoms with van der Waals surface area (Å²) in [7, 11) is 3.68. The summed E-state index contributed by atoms with van der Waals surface area (Å²) in [6.07, 6.45) is 5.94. The number of methoxy groups -OCH3 is 1. The summed E-state index contributed by atoms with van der Waals surface area (Å²) in [5, 5.41) is 10.6. The zero-order chi connectivity index (χ0) is 28.2. The Labute approximate surface area is 238 Å². The third-order valence-corrected chi connectivity index (χ3v) is 10.6. The van der Waals surface area contributed by atoms with Gasteiger partial charge in [0.2, 0.25) is 0 Å². The summed E-state index contributed by atoms with van der Waals surface area (Å²) in [5.74, 6) is 2.09. The number of nitrogens with zero attached hydrogens (tertiary/aromatic N) is 4. The Morgan fingerprint density at radius 1 is 1.05 bits per heavy atom. The first-order valence-electron chi connectivity index (χ1n) is 15.1. The van der Waals surface area contributed by atoms with Crippen molar-refractivity contribution in [3.63, 3.8) is 0 Å². The van der Waals surface area contributed by atoms with Crippen molar-refractivity contribution in [2.24, 2.45) is 24.8 Å². The predicted octanol–water partition coefficient (Wildman–Crippen LogP) is 5.99. The monoisotopic (exact) mass is 552 g/mol. The highest BCUT2D eigenvalue weighted by Crippen LogP contribution is 2.49. The smallest absolute Gasteiger partial charge is 0.306 e. The fourth-order valence-electron chi connectivity index (χ4n) is 8.13. The average molecular weight is 553 g/mol. The van der Waals surface area contributed by atoms with Gasteiger partial charge in [-0.25, -0.2) is 4.98 Å². The third kappa shape index (κ3) is 3.61. The molecule has 3 aliphatic carbocycles. The number of aryl methyl sites for hydroxylation is 1. The molecule has 212 valence electrons. The van der Waals surface area contributed by atoms with Crippen LogP contribution in [0.1, 0.15) is 73.3 Å². The van der Waals surface area contributed by atoms with E-state index in [2.05, 4.69) is 45.2 Å². The Balaban J connectivity index is 1.23. The highest BCUT2D eigenvalue weighted by molar-refractivity contribution is 6.00. The lowest BCUT2D eigenvalue weighted by Gasteiger charge is -2.33. The van der Waals surface area contributed by atoms with Crippen LogP contribution in [0, 0.1) is 17.8 Å². The quantitative estimate of drug-likeness (QED) is 0.318. The highest BCUT2D eigenvalue weighted by atomic mass is 16.5. The van der Waals surface area contributed by atoms with Crippen LogP contribution in [0.2, 0.25) is 0 Å². The molecule has 3 heterocycles. The van der Waals surface area contributed by atoms with Crippen LogP contribution in [0.25, 0.3) is 33.5 Å². The van der Waals surface area contributed by atoms with E-state index >= 15 is 0 Å². The van der Waals surface area contributed by atoms with Gasteiger partial charge >= 0.3 is 5.97 Å². The lowest BCUT2D eigenvalue weighted by molar-refractivity contribution is -0.145. The van der Waals surface area contributed by atoms with Crippen molar-refractivity contribution < 1.29 is 19.4 Å². The Kier molecular flexibility index (Phi) is 5.38. The number of para-hydroxylation sites is 1. The van der Waals surface area contributed by atoms with Crippen molar-refractivity contribution in [3.8, 4) is 17.3 Å². The van der Waals surface area contributed by atoms with E-state index in [1.165, 1.54) is 17.5 Å². The number of ether oxygens (including phenoxy) is 1. The summed E-state index contributed by atoms with van der Waals surface area (Å²) < 4.78 is 10.4. The van der Waals surface area contributed by atoms with E-state index in [9.17, 15) is 14.7 Å². The van der Waals surface area contributed by atoms with Gasteiger partial charge in [0, 0.05) is 36.6 Å². The van der Waals surface area contributed by atoms with Gasteiger partial charge in [-0.2, -0.15) is 0 Å². The van der Waals surface area contributed by atoms with Crippen LogP contribution in [0.5, 0.6) is 5.75 Å². The maximum absolute atomic E-state index is 13.7. The molecule has 8 nitrogen and oxygen atoms in total.